The van der Waals surface area contributed by atoms with Gasteiger partial charge in [-0.25, -0.2) is 0 Å². The molecule has 0 unspecified atom stereocenters. The number of carbonyl (C=O) groups excluding carboxylic acids is 2. The lowest BCUT2D eigenvalue weighted by atomic mass is 9.85. The molecular formula is C20H28N2O2. The summed E-state index contributed by atoms with van der Waals surface area (Å²) in [5.41, 5.74) is 2.16. The van der Waals surface area contributed by atoms with Crippen LogP contribution in [0.25, 0.3) is 0 Å². The second kappa shape index (κ2) is 7.37. The molecule has 0 aromatic heterocycles. The lowest BCUT2D eigenvalue weighted by Crippen LogP contribution is -2.44. The maximum Gasteiger partial charge on any atom is 0.227 e. The molecule has 130 valence electrons. The maximum atomic E-state index is 12.6. The van der Waals surface area contributed by atoms with Gasteiger partial charge in [0.1, 0.15) is 0 Å². The minimum absolute atomic E-state index is 0.0507. The standard InChI is InChI=1S/C20H28N2O2/c1-3-15-8-10-17(11-9-15)22-13-16(12-19(22)23)20(24)21-18-7-5-4-6-14(18)2/h8-11,14,16,18H,3-7,12-13H2,1-2H3,(H,21,24)/t14-,16+,18+/m0/s1. The molecule has 3 rings (SSSR count). The van der Waals surface area contributed by atoms with E-state index >= 15 is 0 Å². The largest absolute Gasteiger partial charge is 0.353 e. The van der Waals surface area contributed by atoms with Crippen molar-refractivity contribution in [1.29, 1.82) is 0 Å². The van der Waals surface area contributed by atoms with Crippen LogP contribution in [0.3, 0.4) is 0 Å². The van der Waals surface area contributed by atoms with Crippen LogP contribution in [0.1, 0.15) is 51.5 Å². The van der Waals surface area contributed by atoms with Crippen LogP contribution in [0.2, 0.25) is 0 Å². The van der Waals surface area contributed by atoms with Crippen molar-refractivity contribution < 1.29 is 9.59 Å². The molecule has 0 radical (unpaired) electrons. The van der Waals surface area contributed by atoms with E-state index in [4.69, 9.17) is 0 Å². The summed E-state index contributed by atoms with van der Waals surface area (Å²) in [7, 11) is 0. The Morgan fingerprint density at radius 2 is 1.92 bits per heavy atom. The van der Waals surface area contributed by atoms with E-state index in [0.717, 1.165) is 18.5 Å². The summed E-state index contributed by atoms with van der Waals surface area (Å²) in [4.78, 5) is 26.7. The summed E-state index contributed by atoms with van der Waals surface area (Å²) in [5, 5.41) is 3.20. The molecule has 2 amide bonds. The quantitative estimate of drug-likeness (QED) is 0.922. The first-order valence-electron chi connectivity index (χ1n) is 9.28. The van der Waals surface area contributed by atoms with Gasteiger partial charge in [-0.2, -0.15) is 0 Å². The number of amides is 2. The van der Waals surface area contributed by atoms with Gasteiger partial charge in [0.15, 0.2) is 0 Å². The Morgan fingerprint density at radius 3 is 2.58 bits per heavy atom. The van der Waals surface area contributed by atoms with Gasteiger partial charge in [-0.1, -0.05) is 38.8 Å². The normalized spacial score (nSPS) is 27.3. The zero-order valence-electron chi connectivity index (χ0n) is 14.8. The number of benzene rings is 1. The molecule has 1 heterocycles. The minimum atomic E-state index is -0.225. The summed E-state index contributed by atoms with van der Waals surface area (Å²) >= 11 is 0. The van der Waals surface area contributed by atoms with Gasteiger partial charge in [0.25, 0.3) is 0 Å². The molecule has 1 N–H and O–H groups in total. The average Bonchev–Trinajstić information content (AvgIpc) is 2.99. The van der Waals surface area contributed by atoms with Gasteiger partial charge in [-0.05, 0) is 42.9 Å². The number of rotatable bonds is 4. The van der Waals surface area contributed by atoms with Gasteiger partial charge < -0.3 is 10.2 Å². The molecule has 1 aromatic rings. The number of aryl methyl sites for hydroxylation is 1. The first-order valence-corrected chi connectivity index (χ1v) is 9.28. The van der Waals surface area contributed by atoms with Crippen molar-refractivity contribution in [2.45, 2.75) is 58.4 Å². The number of nitrogens with zero attached hydrogens (tertiary/aromatic N) is 1. The SMILES string of the molecule is CCc1ccc(N2C[C@H](C(=O)N[C@@H]3CCCC[C@@H]3C)CC2=O)cc1. The Bertz CT molecular complexity index is 596. The highest BCUT2D eigenvalue weighted by atomic mass is 16.2. The van der Waals surface area contributed by atoms with Gasteiger partial charge in [0, 0.05) is 24.7 Å². The third kappa shape index (κ3) is 3.63. The summed E-state index contributed by atoms with van der Waals surface area (Å²) < 4.78 is 0. The zero-order chi connectivity index (χ0) is 17.1. The van der Waals surface area contributed by atoms with E-state index in [1.165, 1.54) is 24.8 Å². The van der Waals surface area contributed by atoms with Gasteiger partial charge in [-0.15, -0.1) is 0 Å². The summed E-state index contributed by atoms with van der Waals surface area (Å²) in [6.45, 7) is 4.82. The van der Waals surface area contributed by atoms with E-state index in [1.54, 1.807) is 4.90 Å². The highest BCUT2D eigenvalue weighted by Crippen LogP contribution is 2.28. The van der Waals surface area contributed by atoms with E-state index in [9.17, 15) is 9.59 Å². The molecule has 2 aliphatic rings. The predicted molar refractivity (Wildman–Crippen MR) is 95.8 cm³/mol. The zero-order valence-corrected chi connectivity index (χ0v) is 14.8. The number of hydrogen-bond donors (Lipinski definition) is 1. The van der Waals surface area contributed by atoms with Crippen molar-refractivity contribution in [3.05, 3.63) is 29.8 Å². The Kier molecular flexibility index (Phi) is 5.22. The van der Waals surface area contributed by atoms with Gasteiger partial charge in [0.05, 0.1) is 5.92 Å². The average molecular weight is 328 g/mol. The molecule has 4 nitrogen and oxygen atoms in total. The fourth-order valence-corrected chi connectivity index (χ4v) is 3.88. The van der Waals surface area contributed by atoms with Crippen molar-refractivity contribution in [2.24, 2.45) is 11.8 Å². The molecule has 0 bridgehead atoms. The molecule has 24 heavy (non-hydrogen) atoms. The van der Waals surface area contributed by atoms with Crippen LogP contribution < -0.4 is 10.2 Å². The van der Waals surface area contributed by atoms with Crippen molar-refractivity contribution in [1.82, 2.24) is 5.32 Å². The smallest absolute Gasteiger partial charge is 0.227 e. The van der Waals surface area contributed by atoms with Gasteiger partial charge in [0.2, 0.25) is 11.8 Å². The number of anilines is 1. The summed E-state index contributed by atoms with van der Waals surface area (Å²) in [5.74, 6) is 0.417. The number of carbonyl (C=O) groups is 2. The minimum Gasteiger partial charge on any atom is -0.353 e. The topological polar surface area (TPSA) is 49.4 Å². The molecule has 4 heteroatoms. The van der Waals surface area contributed by atoms with E-state index < -0.39 is 0 Å². The van der Waals surface area contributed by atoms with Crippen LogP contribution in [0.15, 0.2) is 24.3 Å². The molecule has 1 aliphatic carbocycles. The lowest BCUT2D eigenvalue weighted by Gasteiger charge is -2.30. The lowest BCUT2D eigenvalue weighted by molar-refractivity contribution is -0.127. The third-order valence-corrected chi connectivity index (χ3v) is 5.59. The molecule has 3 atom stereocenters. The fourth-order valence-electron chi connectivity index (χ4n) is 3.88. The molecular weight excluding hydrogens is 300 g/mol. The monoisotopic (exact) mass is 328 g/mol. The molecule has 2 fully saturated rings. The first-order chi connectivity index (χ1) is 11.6. The molecule has 1 saturated carbocycles. The third-order valence-electron chi connectivity index (χ3n) is 5.59. The van der Waals surface area contributed by atoms with Crippen LogP contribution in [0, 0.1) is 11.8 Å². The summed E-state index contributed by atoms with van der Waals surface area (Å²) in [6, 6.07) is 8.36. The summed E-state index contributed by atoms with van der Waals surface area (Å²) in [6.07, 6.45) is 6.01. The molecule has 0 spiro atoms. The first kappa shape index (κ1) is 17.0. The van der Waals surface area contributed by atoms with Gasteiger partial charge >= 0.3 is 0 Å². The van der Waals surface area contributed by atoms with Crippen LogP contribution in [-0.2, 0) is 16.0 Å². The van der Waals surface area contributed by atoms with E-state index in [1.807, 2.05) is 12.1 Å². The van der Waals surface area contributed by atoms with Crippen molar-refractivity contribution in [2.75, 3.05) is 11.4 Å². The molecule has 1 aromatic carbocycles. The predicted octanol–water partition coefficient (Wildman–Crippen LogP) is 3.30. The van der Waals surface area contributed by atoms with Crippen LogP contribution >= 0.6 is 0 Å². The van der Waals surface area contributed by atoms with Crippen molar-refractivity contribution >= 4 is 17.5 Å². The van der Waals surface area contributed by atoms with Crippen molar-refractivity contribution in [3.8, 4) is 0 Å². The van der Waals surface area contributed by atoms with Crippen LogP contribution in [-0.4, -0.2) is 24.4 Å². The number of nitrogens with one attached hydrogen (secondary N) is 1. The fraction of sp³-hybridized carbons (Fsp3) is 0.600. The van der Waals surface area contributed by atoms with E-state index in [-0.39, 0.29) is 23.8 Å². The Hall–Kier alpha value is -1.84. The molecule has 1 saturated heterocycles. The Balaban J connectivity index is 1.62. The Labute approximate surface area is 144 Å². The van der Waals surface area contributed by atoms with E-state index in [2.05, 4.69) is 31.3 Å². The van der Waals surface area contributed by atoms with Crippen LogP contribution in [0.4, 0.5) is 5.69 Å². The van der Waals surface area contributed by atoms with Crippen molar-refractivity contribution in [3.63, 3.8) is 0 Å². The van der Waals surface area contributed by atoms with Crippen LogP contribution in [0.5, 0.6) is 0 Å². The highest BCUT2D eigenvalue weighted by Gasteiger charge is 2.36. The second-order valence-electron chi connectivity index (χ2n) is 7.30. The number of hydrogen-bond acceptors (Lipinski definition) is 2. The maximum absolute atomic E-state index is 12.6. The second-order valence-corrected chi connectivity index (χ2v) is 7.30. The van der Waals surface area contributed by atoms with Gasteiger partial charge in [-0.3, -0.25) is 9.59 Å². The van der Waals surface area contributed by atoms with E-state index in [0.29, 0.717) is 18.9 Å². The molecule has 1 aliphatic heterocycles. The highest BCUT2D eigenvalue weighted by molar-refractivity contribution is 6.00. The Morgan fingerprint density at radius 1 is 1.21 bits per heavy atom.